The van der Waals surface area contributed by atoms with Crippen LogP contribution in [0.15, 0.2) is 21.0 Å². The molecule has 0 atom stereocenters. The molecule has 1 aliphatic carbocycles. The van der Waals surface area contributed by atoms with E-state index in [1.54, 1.807) is 22.6 Å². The lowest BCUT2D eigenvalue weighted by atomic mass is 9.97. The molecule has 9 heteroatoms. The van der Waals surface area contributed by atoms with Gasteiger partial charge in [0.1, 0.15) is 16.2 Å². The maximum Gasteiger partial charge on any atom is 0.283 e. The van der Waals surface area contributed by atoms with E-state index in [0.29, 0.717) is 24.1 Å². The van der Waals surface area contributed by atoms with Crippen LogP contribution in [0.1, 0.15) is 42.0 Å². The Kier molecular flexibility index (Phi) is 4.12. The first-order valence-corrected chi connectivity index (χ1v) is 10.4. The third kappa shape index (κ3) is 2.88. The molecule has 0 bridgehead atoms. The highest BCUT2D eigenvalue weighted by Gasteiger charge is 2.24. The van der Waals surface area contributed by atoms with Crippen molar-refractivity contribution in [1.29, 1.82) is 0 Å². The van der Waals surface area contributed by atoms with Crippen LogP contribution < -0.4 is 0 Å². The van der Waals surface area contributed by atoms with Crippen molar-refractivity contribution >= 4 is 39.2 Å². The van der Waals surface area contributed by atoms with Crippen molar-refractivity contribution in [2.45, 2.75) is 55.3 Å². The van der Waals surface area contributed by atoms with Gasteiger partial charge in [0.2, 0.25) is 11.8 Å². The van der Waals surface area contributed by atoms with Crippen molar-refractivity contribution in [2.24, 2.45) is 0 Å². The van der Waals surface area contributed by atoms with Crippen LogP contribution in [-0.4, -0.2) is 37.5 Å². The summed E-state index contributed by atoms with van der Waals surface area (Å²) >= 11 is 3.16. The van der Waals surface area contributed by atoms with E-state index in [9.17, 15) is 4.79 Å². The Labute approximate surface area is 158 Å². The summed E-state index contributed by atoms with van der Waals surface area (Å²) in [7, 11) is 0. The van der Waals surface area contributed by atoms with Crippen molar-refractivity contribution in [3.05, 3.63) is 22.7 Å². The molecule has 0 spiro atoms. The predicted molar refractivity (Wildman–Crippen MR) is 97.1 cm³/mol. The molecular formula is C17H17N5O2S2. The zero-order valence-corrected chi connectivity index (χ0v) is 15.7. The number of likely N-dealkylation sites (tertiary alicyclic amines) is 1. The largest absolute Gasteiger partial charge is 0.414 e. The molecule has 0 aromatic carbocycles. The average molecular weight is 387 g/mol. The van der Waals surface area contributed by atoms with Crippen molar-refractivity contribution in [3.8, 4) is 0 Å². The summed E-state index contributed by atoms with van der Waals surface area (Å²) in [5, 5.41) is 10.7. The number of carbonyl (C=O) groups is 1. The highest BCUT2D eigenvalue weighted by molar-refractivity contribution is 7.99. The number of aromatic nitrogens is 4. The molecule has 1 fully saturated rings. The molecule has 4 heterocycles. The van der Waals surface area contributed by atoms with Gasteiger partial charge in [0.05, 0.1) is 6.54 Å². The van der Waals surface area contributed by atoms with Gasteiger partial charge in [-0.05, 0) is 49.4 Å². The first-order chi connectivity index (χ1) is 12.8. The number of amides is 1. The van der Waals surface area contributed by atoms with E-state index in [2.05, 4.69) is 20.2 Å². The fourth-order valence-corrected chi connectivity index (χ4v) is 5.70. The highest BCUT2D eigenvalue weighted by Crippen LogP contribution is 2.40. The Balaban J connectivity index is 1.41. The van der Waals surface area contributed by atoms with Gasteiger partial charge in [0, 0.05) is 23.2 Å². The molecule has 1 aliphatic heterocycles. The van der Waals surface area contributed by atoms with E-state index in [1.807, 2.05) is 0 Å². The van der Waals surface area contributed by atoms with E-state index in [1.165, 1.54) is 35.0 Å². The topological polar surface area (TPSA) is 85.0 Å². The van der Waals surface area contributed by atoms with Gasteiger partial charge in [-0.3, -0.25) is 4.79 Å². The molecule has 7 nitrogen and oxygen atoms in total. The van der Waals surface area contributed by atoms with Gasteiger partial charge in [-0.25, -0.2) is 9.97 Å². The van der Waals surface area contributed by atoms with E-state index in [-0.39, 0.29) is 5.91 Å². The van der Waals surface area contributed by atoms with Gasteiger partial charge < -0.3 is 9.32 Å². The number of hydrogen-bond donors (Lipinski definition) is 0. The smallest absolute Gasteiger partial charge is 0.283 e. The van der Waals surface area contributed by atoms with Crippen LogP contribution in [0.2, 0.25) is 0 Å². The van der Waals surface area contributed by atoms with E-state index >= 15 is 0 Å². The summed E-state index contributed by atoms with van der Waals surface area (Å²) < 4.78 is 5.76. The molecule has 0 saturated carbocycles. The van der Waals surface area contributed by atoms with Gasteiger partial charge in [0.25, 0.3) is 5.22 Å². The van der Waals surface area contributed by atoms with Crippen molar-refractivity contribution in [3.63, 3.8) is 0 Å². The summed E-state index contributed by atoms with van der Waals surface area (Å²) in [5.74, 6) is 0.625. The first-order valence-electron chi connectivity index (χ1n) is 8.81. The maximum absolute atomic E-state index is 11.7. The molecule has 0 unspecified atom stereocenters. The molecule has 2 aliphatic rings. The third-order valence-corrected chi connectivity index (χ3v) is 6.89. The minimum atomic E-state index is 0.153. The quantitative estimate of drug-likeness (QED) is 0.635. The maximum atomic E-state index is 11.7. The van der Waals surface area contributed by atoms with Crippen LogP contribution in [0.3, 0.4) is 0 Å². The van der Waals surface area contributed by atoms with Crippen LogP contribution in [0.25, 0.3) is 10.2 Å². The highest BCUT2D eigenvalue weighted by atomic mass is 32.2. The Bertz CT molecular complexity index is 983. The SMILES string of the molecule is O=C1CCCN1Cc1nnc(Sc2ncnc3sc4c(c23)CCCC4)o1. The molecule has 3 aromatic rings. The number of carbonyl (C=O) groups excluding carboxylic acids is 1. The molecule has 1 amide bonds. The van der Waals surface area contributed by atoms with Gasteiger partial charge in [-0.2, -0.15) is 0 Å². The monoisotopic (exact) mass is 387 g/mol. The van der Waals surface area contributed by atoms with Crippen LogP contribution in [0.5, 0.6) is 0 Å². The molecule has 26 heavy (non-hydrogen) atoms. The molecule has 3 aromatic heterocycles. The summed E-state index contributed by atoms with van der Waals surface area (Å²) in [6.45, 7) is 1.15. The Morgan fingerprint density at radius 1 is 1.15 bits per heavy atom. The number of aryl methyl sites for hydroxylation is 2. The third-order valence-electron chi connectivity index (χ3n) is 4.85. The van der Waals surface area contributed by atoms with Gasteiger partial charge >= 0.3 is 0 Å². The lowest BCUT2D eigenvalue weighted by Crippen LogP contribution is -2.23. The molecule has 134 valence electrons. The second-order valence-corrected chi connectivity index (χ2v) is 8.58. The number of rotatable bonds is 4. The van der Waals surface area contributed by atoms with Crippen LogP contribution in [0.4, 0.5) is 0 Å². The zero-order chi connectivity index (χ0) is 17.5. The summed E-state index contributed by atoms with van der Waals surface area (Å²) in [6, 6.07) is 0. The summed E-state index contributed by atoms with van der Waals surface area (Å²) in [6.07, 6.45) is 7.79. The average Bonchev–Trinajstić information content (AvgIpc) is 3.35. The number of hydrogen-bond acceptors (Lipinski definition) is 8. The van der Waals surface area contributed by atoms with Crippen LogP contribution in [0, 0.1) is 0 Å². The lowest BCUT2D eigenvalue weighted by Gasteiger charge is -2.11. The van der Waals surface area contributed by atoms with E-state index in [0.717, 1.165) is 41.0 Å². The van der Waals surface area contributed by atoms with Crippen molar-refractivity contribution < 1.29 is 9.21 Å². The summed E-state index contributed by atoms with van der Waals surface area (Å²) in [5.41, 5.74) is 1.39. The van der Waals surface area contributed by atoms with Crippen LogP contribution in [-0.2, 0) is 24.2 Å². The van der Waals surface area contributed by atoms with E-state index < -0.39 is 0 Å². The van der Waals surface area contributed by atoms with Crippen molar-refractivity contribution in [2.75, 3.05) is 6.54 Å². The van der Waals surface area contributed by atoms with Crippen LogP contribution >= 0.6 is 23.1 Å². The standard InChI is InChI=1S/C17H17N5O2S2/c23-13-6-3-7-22(13)8-12-20-21-17(24-12)26-16-14-10-4-1-2-5-11(10)25-15(14)18-9-19-16/h9H,1-8H2. The normalized spacial score (nSPS) is 17.2. The van der Waals surface area contributed by atoms with Gasteiger partial charge in [0.15, 0.2) is 0 Å². The minimum Gasteiger partial charge on any atom is -0.414 e. The van der Waals surface area contributed by atoms with Crippen molar-refractivity contribution in [1.82, 2.24) is 25.1 Å². The fourth-order valence-electron chi connectivity index (χ4n) is 3.60. The molecule has 0 N–H and O–H groups in total. The fraction of sp³-hybridized carbons (Fsp3) is 0.471. The second-order valence-electron chi connectivity index (χ2n) is 6.55. The molecule has 1 saturated heterocycles. The summed E-state index contributed by atoms with van der Waals surface area (Å²) in [4.78, 5) is 24.9. The number of nitrogens with zero attached hydrogens (tertiary/aromatic N) is 5. The number of thiophene rings is 1. The molecule has 0 radical (unpaired) electrons. The lowest BCUT2D eigenvalue weighted by molar-refractivity contribution is -0.128. The Hall–Kier alpha value is -2.00. The minimum absolute atomic E-state index is 0.153. The zero-order valence-electron chi connectivity index (χ0n) is 14.1. The first kappa shape index (κ1) is 16.2. The van der Waals surface area contributed by atoms with E-state index in [4.69, 9.17) is 4.42 Å². The Morgan fingerprint density at radius 2 is 2.08 bits per heavy atom. The van der Waals surface area contributed by atoms with Gasteiger partial charge in [-0.1, -0.05) is 0 Å². The number of fused-ring (bicyclic) bond motifs is 3. The molecular weight excluding hydrogens is 370 g/mol. The predicted octanol–water partition coefficient (Wildman–Crippen LogP) is 3.23. The second kappa shape index (κ2) is 6.62. The Morgan fingerprint density at radius 3 is 2.96 bits per heavy atom. The van der Waals surface area contributed by atoms with Gasteiger partial charge in [-0.15, -0.1) is 21.5 Å². The molecule has 5 rings (SSSR count).